The van der Waals surface area contributed by atoms with Gasteiger partial charge >= 0.3 is 0 Å². The molecule has 0 saturated heterocycles. The van der Waals surface area contributed by atoms with E-state index in [9.17, 15) is 4.79 Å². The van der Waals surface area contributed by atoms with Crippen LogP contribution in [0.2, 0.25) is 0 Å². The first kappa shape index (κ1) is 14.0. The second-order valence-corrected chi connectivity index (χ2v) is 5.39. The average Bonchev–Trinajstić information content (AvgIpc) is 2.19. The third kappa shape index (κ3) is 5.73. The van der Waals surface area contributed by atoms with Crippen molar-refractivity contribution in [2.24, 2.45) is 0 Å². The summed E-state index contributed by atoms with van der Waals surface area (Å²) in [5.41, 5.74) is 2.25. The van der Waals surface area contributed by atoms with Gasteiger partial charge in [0.1, 0.15) is 0 Å². The number of aryl methyl sites for hydroxylation is 1. The summed E-state index contributed by atoms with van der Waals surface area (Å²) < 4.78 is 0. The van der Waals surface area contributed by atoms with Crippen molar-refractivity contribution >= 4 is 17.5 Å². The molecule has 2 unspecified atom stereocenters. The first-order valence-corrected chi connectivity index (χ1v) is 6.40. The fraction of sp³-hybridized carbons (Fsp3) is 0.500. The molecule has 0 heterocycles. The Morgan fingerprint density at radius 1 is 1.29 bits per heavy atom. The highest BCUT2D eigenvalue weighted by atomic mass is 35.5. The molecule has 0 aromatic heterocycles. The maximum atomic E-state index is 11.7. The summed E-state index contributed by atoms with van der Waals surface area (Å²) in [6, 6.07) is 8.15. The Morgan fingerprint density at radius 2 is 1.88 bits per heavy atom. The molecular weight excluding hydrogens is 234 g/mol. The Bertz CT molecular complexity index is 359. The highest BCUT2D eigenvalue weighted by molar-refractivity contribution is 6.20. The van der Waals surface area contributed by atoms with E-state index in [4.69, 9.17) is 11.6 Å². The van der Waals surface area contributed by atoms with Gasteiger partial charge in [-0.1, -0.05) is 29.8 Å². The molecule has 0 saturated carbocycles. The molecule has 1 N–H and O–H groups in total. The van der Waals surface area contributed by atoms with E-state index in [0.29, 0.717) is 6.42 Å². The quantitative estimate of drug-likeness (QED) is 0.803. The van der Waals surface area contributed by atoms with Crippen LogP contribution >= 0.6 is 11.6 Å². The van der Waals surface area contributed by atoms with Crippen LogP contribution < -0.4 is 5.32 Å². The topological polar surface area (TPSA) is 29.1 Å². The van der Waals surface area contributed by atoms with Gasteiger partial charge in [-0.25, -0.2) is 0 Å². The smallest absolute Gasteiger partial charge is 0.224 e. The highest BCUT2D eigenvalue weighted by Crippen LogP contribution is 2.06. The average molecular weight is 254 g/mol. The Hall–Kier alpha value is -1.02. The summed E-state index contributed by atoms with van der Waals surface area (Å²) in [6.45, 7) is 5.95. The minimum Gasteiger partial charge on any atom is -0.353 e. The minimum absolute atomic E-state index is 0.0543. The van der Waals surface area contributed by atoms with Gasteiger partial charge in [-0.3, -0.25) is 4.79 Å². The van der Waals surface area contributed by atoms with E-state index >= 15 is 0 Å². The van der Waals surface area contributed by atoms with Crippen molar-refractivity contribution in [3.8, 4) is 0 Å². The summed E-state index contributed by atoms with van der Waals surface area (Å²) in [5, 5.41) is 3.04. The maximum Gasteiger partial charge on any atom is 0.224 e. The normalized spacial score (nSPS) is 14.1. The van der Waals surface area contributed by atoms with E-state index in [0.717, 1.165) is 12.0 Å². The number of carbonyl (C=O) groups is 1. The Kier molecular flexibility index (Phi) is 5.49. The summed E-state index contributed by atoms with van der Waals surface area (Å²) in [7, 11) is 0. The lowest BCUT2D eigenvalue weighted by molar-refractivity contribution is -0.121. The molecule has 1 rings (SSSR count). The zero-order chi connectivity index (χ0) is 12.8. The fourth-order valence-corrected chi connectivity index (χ4v) is 2.03. The van der Waals surface area contributed by atoms with Crippen molar-refractivity contribution in [2.75, 3.05) is 0 Å². The molecule has 1 amide bonds. The Balaban J connectivity index is 2.41. The van der Waals surface area contributed by atoms with E-state index in [2.05, 4.69) is 5.32 Å². The summed E-state index contributed by atoms with van der Waals surface area (Å²) in [6.07, 6.45) is 1.22. The van der Waals surface area contributed by atoms with E-state index < -0.39 is 0 Å². The molecule has 2 nitrogen and oxygen atoms in total. The molecular formula is C14H20ClNO. The van der Waals surface area contributed by atoms with Crippen LogP contribution in [0.1, 0.15) is 31.4 Å². The molecule has 2 atom stereocenters. The number of halogens is 1. The summed E-state index contributed by atoms with van der Waals surface area (Å²) in [5.74, 6) is 0.0543. The molecule has 0 aliphatic rings. The molecule has 17 heavy (non-hydrogen) atoms. The Labute approximate surface area is 108 Å². The van der Waals surface area contributed by atoms with Crippen molar-refractivity contribution < 1.29 is 4.79 Å². The number of amides is 1. The zero-order valence-electron chi connectivity index (χ0n) is 10.7. The van der Waals surface area contributed by atoms with E-state index in [-0.39, 0.29) is 17.3 Å². The van der Waals surface area contributed by atoms with Crippen molar-refractivity contribution in [3.63, 3.8) is 0 Å². The second kappa shape index (κ2) is 6.65. The van der Waals surface area contributed by atoms with Crippen LogP contribution in [-0.2, 0) is 11.2 Å². The second-order valence-electron chi connectivity index (χ2n) is 4.65. The molecule has 0 radical (unpaired) electrons. The molecule has 1 aromatic rings. The van der Waals surface area contributed by atoms with Gasteiger partial charge in [-0.15, -0.1) is 11.6 Å². The van der Waals surface area contributed by atoms with Crippen LogP contribution in [0.3, 0.4) is 0 Å². The van der Waals surface area contributed by atoms with Crippen LogP contribution in [0.5, 0.6) is 0 Å². The highest BCUT2D eigenvalue weighted by Gasteiger charge is 2.10. The van der Waals surface area contributed by atoms with Gasteiger partial charge in [0.25, 0.3) is 0 Å². The SMILES string of the molecule is Cc1ccc(CC(=O)NC(C)CC(C)Cl)cc1. The predicted octanol–water partition coefficient (Wildman–Crippen LogP) is 3.06. The summed E-state index contributed by atoms with van der Waals surface area (Å²) >= 11 is 5.88. The third-order valence-corrected chi connectivity index (χ3v) is 2.75. The fourth-order valence-electron chi connectivity index (χ4n) is 1.76. The van der Waals surface area contributed by atoms with Crippen molar-refractivity contribution in [1.82, 2.24) is 5.32 Å². The lowest BCUT2D eigenvalue weighted by Crippen LogP contribution is -2.34. The van der Waals surface area contributed by atoms with Gasteiger partial charge in [-0.05, 0) is 32.8 Å². The largest absolute Gasteiger partial charge is 0.353 e. The lowest BCUT2D eigenvalue weighted by Gasteiger charge is -2.15. The minimum atomic E-state index is 0.0543. The van der Waals surface area contributed by atoms with Crippen LogP contribution in [0.4, 0.5) is 0 Å². The molecule has 3 heteroatoms. The van der Waals surface area contributed by atoms with E-state index in [1.54, 1.807) is 0 Å². The molecule has 0 bridgehead atoms. The summed E-state index contributed by atoms with van der Waals surface area (Å²) in [4.78, 5) is 11.7. The number of benzene rings is 1. The lowest BCUT2D eigenvalue weighted by atomic mass is 10.1. The van der Waals surface area contributed by atoms with Gasteiger partial charge in [0.2, 0.25) is 5.91 Å². The van der Waals surface area contributed by atoms with Gasteiger partial charge < -0.3 is 5.32 Å². The predicted molar refractivity (Wildman–Crippen MR) is 72.4 cm³/mol. The van der Waals surface area contributed by atoms with Gasteiger partial charge in [-0.2, -0.15) is 0 Å². The van der Waals surface area contributed by atoms with Crippen molar-refractivity contribution in [1.29, 1.82) is 0 Å². The third-order valence-electron chi connectivity index (χ3n) is 2.57. The van der Waals surface area contributed by atoms with Crippen molar-refractivity contribution in [3.05, 3.63) is 35.4 Å². The Morgan fingerprint density at radius 3 is 2.41 bits per heavy atom. The molecule has 0 spiro atoms. The number of rotatable bonds is 5. The molecule has 0 fully saturated rings. The molecule has 0 aliphatic carbocycles. The van der Waals surface area contributed by atoms with Gasteiger partial charge in [0.05, 0.1) is 6.42 Å². The standard InChI is InChI=1S/C14H20ClNO/c1-10-4-6-13(7-5-10)9-14(17)16-12(3)8-11(2)15/h4-7,11-12H,8-9H2,1-3H3,(H,16,17). The first-order valence-electron chi connectivity index (χ1n) is 5.96. The van der Waals surface area contributed by atoms with Gasteiger partial charge in [0, 0.05) is 11.4 Å². The van der Waals surface area contributed by atoms with Crippen LogP contribution in [0.25, 0.3) is 0 Å². The molecule has 0 aliphatic heterocycles. The van der Waals surface area contributed by atoms with E-state index in [1.807, 2.05) is 45.0 Å². The number of hydrogen-bond donors (Lipinski definition) is 1. The monoisotopic (exact) mass is 253 g/mol. The van der Waals surface area contributed by atoms with Crippen LogP contribution in [0.15, 0.2) is 24.3 Å². The van der Waals surface area contributed by atoms with Gasteiger partial charge in [0.15, 0.2) is 0 Å². The zero-order valence-corrected chi connectivity index (χ0v) is 11.4. The van der Waals surface area contributed by atoms with Crippen molar-refractivity contribution in [2.45, 2.75) is 45.0 Å². The van der Waals surface area contributed by atoms with Crippen LogP contribution in [0, 0.1) is 6.92 Å². The maximum absolute atomic E-state index is 11.7. The first-order chi connectivity index (χ1) is 7.97. The molecule has 94 valence electrons. The number of carbonyl (C=O) groups excluding carboxylic acids is 1. The van der Waals surface area contributed by atoms with Crippen LogP contribution in [-0.4, -0.2) is 17.3 Å². The van der Waals surface area contributed by atoms with E-state index in [1.165, 1.54) is 5.56 Å². The molecule has 1 aromatic carbocycles. The number of hydrogen-bond acceptors (Lipinski definition) is 1. The number of nitrogens with one attached hydrogen (secondary N) is 1. The number of alkyl halides is 1.